The average Bonchev–Trinajstić information content (AvgIpc) is 2.85. The second kappa shape index (κ2) is 5.22. The Morgan fingerprint density at radius 2 is 2.00 bits per heavy atom. The second-order valence-corrected chi connectivity index (χ2v) is 7.51. The van der Waals surface area contributed by atoms with Crippen molar-refractivity contribution in [2.75, 3.05) is 11.4 Å². The average molecular weight is 312 g/mol. The van der Waals surface area contributed by atoms with E-state index in [1.807, 2.05) is 6.92 Å². The third kappa shape index (κ3) is 2.66. The van der Waals surface area contributed by atoms with Crippen molar-refractivity contribution in [3.05, 3.63) is 40.9 Å². The molecule has 2 rings (SSSR count). The Morgan fingerprint density at radius 1 is 1.30 bits per heavy atom. The van der Waals surface area contributed by atoms with Crippen molar-refractivity contribution in [2.45, 2.75) is 11.1 Å². The van der Waals surface area contributed by atoms with Crippen molar-refractivity contribution in [3.63, 3.8) is 0 Å². The van der Waals surface area contributed by atoms with Gasteiger partial charge in [-0.15, -0.1) is 11.3 Å². The number of sulfonamides is 1. The topological polar surface area (TPSA) is 87.6 Å². The summed E-state index contributed by atoms with van der Waals surface area (Å²) in [6.07, 6.45) is 0. The molecule has 0 saturated carbocycles. The van der Waals surface area contributed by atoms with Crippen LogP contribution in [-0.2, 0) is 10.0 Å². The first-order valence-electron chi connectivity index (χ1n) is 5.58. The molecule has 2 heterocycles. The predicted octanol–water partition coefficient (Wildman–Crippen LogP) is 1.97. The molecule has 20 heavy (non-hydrogen) atoms. The predicted molar refractivity (Wildman–Crippen MR) is 75.8 cm³/mol. The van der Waals surface area contributed by atoms with Crippen molar-refractivity contribution < 1.29 is 18.3 Å². The van der Waals surface area contributed by atoms with Gasteiger partial charge in [0.1, 0.15) is 10.0 Å². The van der Waals surface area contributed by atoms with Gasteiger partial charge in [0.05, 0.1) is 0 Å². The largest absolute Gasteiger partial charge is 0.477 e. The number of thiophene rings is 1. The van der Waals surface area contributed by atoms with Gasteiger partial charge in [0.15, 0.2) is 5.69 Å². The van der Waals surface area contributed by atoms with Crippen molar-refractivity contribution in [1.82, 2.24) is 4.98 Å². The number of hydrogen-bond donors (Lipinski definition) is 1. The molecule has 0 spiro atoms. The van der Waals surface area contributed by atoms with Crippen molar-refractivity contribution >= 4 is 33.1 Å². The van der Waals surface area contributed by atoms with Gasteiger partial charge in [-0.3, -0.25) is 4.31 Å². The highest BCUT2D eigenvalue weighted by atomic mass is 32.2. The maximum atomic E-state index is 12.4. The van der Waals surface area contributed by atoms with Crippen LogP contribution in [0.15, 0.2) is 34.5 Å². The minimum absolute atomic E-state index is 0.0657. The maximum Gasteiger partial charge on any atom is 0.354 e. The molecule has 0 aliphatic carbocycles. The van der Waals surface area contributed by atoms with Crippen LogP contribution in [0, 0.1) is 6.92 Å². The molecule has 6 nitrogen and oxygen atoms in total. The lowest BCUT2D eigenvalue weighted by atomic mass is 10.3. The Bertz CT molecular complexity index is 752. The van der Waals surface area contributed by atoms with Gasteiger partial charge in [-0.2, -0.15) is 0 Å². The van der Waals surface area contributed by atoms with Gasteiger partial charge in [-0.05, 0) is 31.2 Å². The summed E-state index contributed by atoms with van der Waals surface area (Å²) in [7, 11) is -2.37. The van der Waals surface area contributed by atoms with E-state index in [1.54, 1.807) is 6.07 Å². The van der Waals surface area contributed by atoms with Crippen LogP contribution in [0.25, 0.3) is 0 Å². The third-order valence-electron chi connectivity index (χ3n) is 2.61. The number of pyridine rings is 1. The van der Waals surface area contributed by atoms with Gasteiger partial charge in [0.2, 0.25) is 0 Å². The van der Waals surface area contributed by atoms with E-state index in [1.165, 1.54) is 31.3 Å². The molecule has 0 saturated heterocycles. The highest BCUT2D eigenvalue weighted by Gasteiger charge is 2.24. The van der Waals surface area contributed by atoms with E-state index in [9.17, 15) is 13.2 Å². The molecule has 106 valence electrons. The van der Waals surface area contributed by atoms with Gasteiger partial charge >= 0.3 is 5.97 Å². The number of aryl methyl sites for hydroxylation is 1. The zero-order chi connectivity index (χ0) is 14.9. The normalized spacial score (nSPS) is 11.3. The lowest BCUT2D eigenvalue weighted by Crippen LogP contribution is -2.27. The van der Waals surface area contributed by atoms with Crippen LogP contribution < -0.4 is 4.31 Å². The van der Waals surface area contributed by atoms with E-state index >= 15 is 0 Å². The van der Waals surface area contributed by atoms with Crippen LogP contribution in [-0.4, -0.2) is 31.5 Å². The van der Waals surface area contributed by atoms with E-state index in [0.717, 1.165) is 20.5 Å². The number of carboxylic acids is 1. The number of aromatic carboxylic acids is 1. The molecule has 0 atom stereocenters. The summed E-state index contributed by atoms with van der Waals surface area (Å²) in [5.41, 5.74) is -0.202. The van der Waals surface area contributed by atoms with Crippen LogP contribution in [0.2, 0.25) is 0 Å². The summed E-state index contributed by atoms with van der Waals surface area (Å²) in [6.45, 7) is 1.81. The van der Waals surface area contributed by atoms with Gasteiger partial charge in [-0.1, -0.05) is 6.07 Å². The van der Waals surface area contributed by atoms with E-state index in [4.69, 9.17) is 5.11 Å². The molecule has 0 aliphatic heterocycles. The zero-order valence-corrected chi connectivity index (χ0v) is 12.4. The summed E-state index contributed by atoms with van der Waals surface area (Å²) in [5, 5.41) is 8.89. The standard InChI is InChI=1S/C12H12N2O4S2/c1-8-6-7-11(19-8)20(17,18)14(2)10-5-3-4-9(13-10)12(15)16/h3-7H,1-2H3,(H,15,16). The lowest BCUT2D eigenvalue weighted by molar-refractivity contribution is 0.0690. The van der Waals surface area contributed by atoms with Crippen LogP contribution in [0.4, 0.5) is 5.82 Å². The Hall–Kier alpha value is -1.93. The Kier molecular flexibility index (Phi) is 3.78. The zero-order valence-electron chi connectivity index (χ0n) is 10.8. The molecule has 0 radical (unpaired) electrons. The lowest BCUT2D eigenvalue weighted by Gasteiger charge is -2.17. The highest BCUT2D eigenvalue weighted by Crippen LogP contribution is 2.26. The minimum atomic E-state index is -3.72. The molecule has 0 fully saturated rings. The fourth-order valence-corrected chi connectivity index (χ4v) is 4.12. The monoisotopic (exact) mass is 312 g/mol. The number of carbonyl (C=O) groups is 1. The summed E-state index contributed by atoms with van der Waals surface area (Å²) in [5.74, 6) is -1.14. The van der Waals surface area contributed by atoms with Gasteiger partial charge < -0.3 is 5.11 Å². The van der Waals surface area contributed by atoms with Crippen molar-refractivity contribution in [2.24, 2.45) is 0 Å². The first kappa shape index (κ1) is 14.5. The number of anilines is 1. The molecule has 1 N–H and O–H groups in total. The number of carboxylic acid groups (broad SMARTS) is 1. The Balaban J connectivity index is 2.43. The Labute approximate surface area is 120 Å². The first-order valence-corrected chi connectivity index (χ1v) is 7.84. The second-order valence-electron chi connectivity index (χ2n) is 4.02. The van der Waals surface area contributed by atoms with E-state index in [-0.39, 0.29) is 15.7 Å². The third-order valence-corrected chi connectivity index (χ3v) is 5.84. The maximum absolute atomic E-state index is 12.4. The molecule has 8 heteroatoms. The molecule has 0 bridgehead atoms. The number of hydrogen-bond acceptors (Lipinski definition) is 5. The summed E-state index contributed by atoms with van der Waals surface area (Å²) < 4.78 is 25.9. The fraction of sp³-hybridized carbons (Fsp3) is 0.167. The van der Waals surface area contributed by atoms with Crippen LogP contribution in [0.5, 0.6) is 0 Å². The van der Waals surface area contributed by atoms with Gasteiger partial charge in [0.25, 0.3) is 10.0 Å². The van der Waals surface area contributed by atoms with Crippen molar-refractivity contribution in [1.29, 1.82) is 0 Å². The smallest absolute Gasteiger partial charge is 0.354 e. The molecule has 0 aliphatic rings. The number of aromatic nitrogens is 1. The quantitative estimate of drug-likeness (QED) is 0.932. The molecule has 0 unspecified atom stereocenters. The van der Waals surface area contributed by atoms with Gasteiger partial charge in [-0.25, -0.2) is 18.2 Å². The molecular formula is C12H12N2O4S2. The van der Waals surface area contributed by atoms with Crippen LogP contribution >= 0.6 is 11.3 Å². The van der Waals surface area contributed by atoms with Gasteiger partial charge in [0, 0.05) is 11.9 Å². The van der Waals surface area contributed by atoms with E-state index < -0.39 is 16.0 Å². The molecule has 0 amide bonds. The van der Waals surface area contributed by atoms with E-state index in [0.29, 0.717) is 0 Å². The molecular weight excluding hydrogens is 300 g/mol. The molecule has 0 aromatic carbocycles. The summed E-state index contributed by atoms with van der Waals surface area (Å²) in [4.78, 5) is 15.6. The summed E-state index contributed by atoms with van der Waals surface area (Å²) >= 11 is 1.15. The SMILES string of the molecule is Cc1ccc(S(=O)(=O)N(C)c2cccc(C(=O)O)n2)s1. The minimum Gasteiger partial charge on any atom is -0.477 e. The van der Waals surface area contributed by atoms with Crippen LogP contribution in [0.1, 0.15) is 15.4 Å². The molecule has 2 aromatic heterocycles. The molecule has 2 aromatic rings. The number of nitrogens with zero attached hydrogens (tertiary/aromatic N) is 2. The highest BCUT2D eigenvalue weighted by molar-refractivity contribution is 7.94. The summed E-state index contributed by atoms with van der Waals surface area (Å²) in [6, 6.07) is 7.45. The van der Waals surface area contributed by atoms with Crippen LogP contribution in [0.3, 0.4) is 0 Å². The Morgan fingerprint density at radius 3 is 2.55 bits per heavy atom. The first-order chi connectivity index (χ1) is 9.32. The number of rotatable bonds is 4. The van der Waals surface area contributed by atoms with Crippen molar-refractivity contribution in [3.8, 4) is 0 Å². The van der Waals surface area contributed by atoms with E-state index in [2.05, 4.69) is 4.98 Å². The fourth-order valence-electron chi connectivity index (χ4n) is 1.53.